The highest BCUT2D eigenvalue weighted by atomic mass is 32.2. The van der Waals surface area contributed by atoms with Crippen LogP contribution in [0.25, 0.3) is 0 Å². The molecule has 27 heavy (non-hydrogen) atoms. The lowest BCUT2D eigenvalue weighted by molar-refractivity contribution is 0.471. The van der Waals surface area contributed by atoms with Crippen molar-refractivity contribution >= 4 is 23.1 Å². The number of aryl methyl sites for hydroxylation is 4. The Hall–Kier alpha value is -2.05. The van der Waals surface area contributed by atoms with Gasteiger partial charge in [-0.3, -0.25) is 4.79 Å². The van der Waals surface area contributed by atoms with Crippen molar-refractivity contribution in [1.29, 1.82) is 0 Å². The monoisotopic (exact) mass is 400 g/mol. The van der Waals surface area contributed by atoms with Crippen LogP contribution in [-0.4, -0.2) is 9.97 Å². The van der Waals surface area contributed by atoms with Gasteiger partial charge in [0.25, 0.3) is 5.56 Å². The average Bonchev–Trinajstić information content (AvgIpc) is 2.99. The quantitative estimate of drug-likeness (QED) is 0.585. The second-order valence-electron chi connectivity index (χ2n) is 6.79. The van der Waals surface area contributed by atoms with Crippen LogP contribution >= 0.6 is 23.1 Å². The second kappa shape index (κ2) is 8.31. The number of aromatic nitrogens is 2. The fraction of sp³-hybridized carbons (Fsp3) is 0.333. The third-order valence-electron chi connectivity index (χ3n) is 4.29. The molecule has 0 saturated carbocycles. The summed E-state index contributed by atoms with van der Waals surface area (Å²) in [5.74, 6) is 3.02. The number of thiazole rings is 1. The zero-order chi connectivity index (χ0) is 19.6. The lowest BCUT2D eigenvalue weighted by atomic mass is 10.1. The molecule has 0 bridgehead atoms. The van der Waals surface area contributed by atoms with Crippen molar-refractivity contribution in [3.8, 4) is 11.5 Å². The van der Waals surface area contributed by atoms with Crippen molar-refractivity contribution in [2.75, 3.05) is 0 Å². The summed E-state index contributed by atoms with van der Waals surface area (Å²) >= 11 is 3.44. The first kappa shape index (κ1) is 19.7. The van der Waals surface area contributed by atoms with E-state index in [0.717, 1.165) is 50.3 Å². The summed E-state index contributed by atoms with van der Waals surface area (Å²) in [6.07, 6.45) is 0. The lowest BCUT2D eigenvalue weighted by Crippen LogP contribution is -2.15. The smallest absolute Gasteiger partial charge is 0.254 e. The van der Waals surface area contributed by atoms with Crippen molar-refractivity contribution in [2.24, 2.45) is 0 Å². The van der Waals surface area contributed by atoms with E-state index in [9.17, 15) is 4.79 Å². The fourth-order valence-corrected chi connectivity index (χ4v) is 4.72. The molecule has 142 valence electrons. The molecule has 3 aromatic rings. The summed E-state index contributed by atoms with van der Waals surface area (Å²) < 4.78 is 6.22. The van der Waals surface area contributed by atoms with E-state index in [0.29, 0.717) is 11.3 Å². The molecule has 0 aliphatic heterocycles. The highest BCUT2D eigenvalue weighted by molar-refractivity contribution is 7.97. The normalized spacial score (nSPS) is 11.0. The van der Waals surface area contributed by atoms with Crippen LogP contribution in [0.5, 0.6) is 11.5 Å². The molecule has 0 spiro atoms. The first-order valence-corrected chi connectivity index (χ1v) is 10.8. The molecule has 2 heterocycles. The Morgan fingerprint density at radius 1 is 1.07 bits per heavy atom. The van der Waals surface area contributed by atoms with Crippen molar-refractivity contribution < 1.29 is 4.74 Å². The minimum Gasteiger partial charge on any atom is -0.456 e. The number of benzene rings is 1. The summed E-state index contributed by atoms with van der Waals surface area (Å²) in [6.45, 7) is 9.85. The Labute approximate surface area is 168 Å². The van der Waals surface area contributed by atoms with E-state index >= 15 is 0 Å². The number of H-pyrrole nitrogens is 1. The minimum absolute atomic E-state index is 0.101. The number of nitrogens with one attached hydrogen (secondary N) is 1. The van der Waals surface area contributed by atoms with E-state index in [-0.39, 0.29) is 5.56 Å². The summed E-state index contributed by atoms with van der Waals surface area (Å²) in [5, 5.41) is 3.18. The SMILES string of the molecule is Cc1cc(C)cc(Oc2c(CSCc3csc(C)n3)c(C)[nH]c(=O)c2C)c1. The van der Waals surface area contributed by atoms with Crippen molar-refractivity contribution in [1.82, 2.24) is 9.97 Å². The van der Waals surface area contributed by atoms with E-state index in [1.54, 1.807) is 23.1 Å². The zero-order valence-electron chi connectivity index (χ0n) is 16.3. The molecule has 0 fully saturated rings. The number of aromatic amines is 1. The molecule has 0 aliphatic carbocycles. The van der Waals surface area contributed by atoms with Gasteiger partial charge < -0.3 is 9.72 Å². The summed E-state index contributed by atoms with van der Waals surface area (Å²) in [6, 6.07) is 6.10. The molecular formula is C21H24N2O2S2. The van der Waals surface area contributed by atoms with Gasteiger partial charge in [-0.2, -0.15) is 11.8 Å². The van der Waals surface area contributed by atoms with Crippen LogP contribution in [0.2, 0.25) is 0 Å². The highest BCUT2D eigenvalue weighted by Gasteiger charge is 2.16. The Kier molecular flexibility index (Phi) is 6.07. The van der Waals surface area contributed by atoms with Gasteiger partial charge in [0.05, 0.1) is 16.3 Å². The molecule has 0 saturated heterocycles. The Balaban J connectivity index is 1.88. The first-order valence-electron chi connectivity index (χ1n) is 8.80. The predicted octanol–water partition coefficient (Wildman–Crippen LogP) is 5.60. The van der Waals surface area contributed by atoms with Crippen LogP contribution < -0.4 is 10.3 Å². The van der Waals surface area contributed by atoms with Crippen LogP contribution in [0.4, 0.5) is 0 Å². The molecule has 3 rings (SSSR count). The van der Waals surface area contributed by atoms with Crippen LogP contribution in [-0.2, 0) is 11.5 Å². The number of thioether (sulfide) groups is 1. The summed E-state index contributed by atoms with van der Waals surface area (Å²) in [5.41, 5.74) is 5.77. The highest BCUT2D eigenvalue weighted by Crippen LogP contribution is 2.33. The number of hydrogen-bond donors (Lipinski definition) is 1. The standard InChI is InChI=1S/C21H24N2O2S2/c1-12-6-13(2)8-18(7-12)25-20-14(3)21(24)22-15(4)19(20)11-26-9-17-10-27-16(5)23-17/h6-8,10H,9,11H2,1-5H3,(H,22,24). The molecular weight excluding hydrogens is 376 g/mol. The fourth-order valence-electron chi connectivity index (χ4n) is 2.99. The third-order valence-corrected chi connectivity index (χ3v) is 6.10. The van der Waals surface area contributed by atoms with E-state index in [2.05, 4.69) is 21.4 Å². The number of ether oxygens (including phenoxy) is 1. The van der Waals surface area contributed by atoms with Crippen molar-refractivity contribution in [3.05, 3.63) is 72.6 Å². The molecule has 0 amide bonds. The van der Waals surface area contributed by atoms with E-state index in [4.69, 9.17) is 4.74 Å². The van der Waals surface area contributed by atoms with E-state index in [1.165, 1.54) is 0 Å². The van der Waals surface area contributed by atoms with Crippen molar-refractivity contribution in [3.63, 3.8) is 0 Å². The van der Waals surface area contributed by atoms with Crippen LogP contribution in [0.1, 0.15) is 38.6 Å². The molecule has 0 unspecified atom stereocenters. The largest absolute Gasteiger partial charge is 0.456 e. The van der Waals surface area contributed by atoms with Crippen LogP contribution in [0.15, 0.2) is 28.4 Å². The van der Waals surface area contributed by atoms with Gasteiger partial charge in [0.1, 0.15) is 11.5 Å². The van der Waals surface area contributed by atoms with Gasteiger partial charge in [0.2, 0.25) is 0 Å². The van der Waals surface area contributed by atoms with E-state index in [1.807, 2.05) is 46.8 Å². The number of rotatable bonds is 6. The molecule has 4 nitrogen and oxygen atoms in total. The maximum Gasteiger partial charge on any atom is 0.254 e. The number of hydrogen-bond acceptors (Lipinski definition) is 5. The molecule has 1 N–H and O–H groups in total. The topological polar surface area (TPSA) is 55.0 Å². The molecule has 2 aromatic heterocycles. The van der Waals surface area contributed by atoms with Crippen LogP contribution in [0.3, 0.4) is 0 Å². The summed E-state index contributed by atoms with van der Waals surface area (Å²) in [7, 11) is 0. The maximum atomic E-state index is 12.3. The van der Waals surface area contributed by atoms with Gasteiger partial charge in [0, 0.05) is 28.1 Å². The predicted molar refractivity (Wildman–Crippen MR) is 114 cm³/mol. The first-order chi connectivity index (χ1) is 12.8. The van der Waals surface area contributed by atoms with E-state index < -0.39 is 0 Å². The zero-order valence-corrected chi connectivity index (χ0v) is 17.9. The maximum absolute atomic E-state index is 12.3. The minimum atomic E-state index is -0.101. The molecule has 6 heteroatoms. The molecule has 0 radical (unpaired) electrons. The number of nitrogens with zero attached hydrogens (tertiary/aromatic N) is 1. The number of pyridine rings is 1. The van der Waals surface area contributed by atoms with Gasteiger partial charge in [-0.15, -0.1) is 11.3 Å². The lowest BCUT2D eigenvalue weighted by Gasteiger charge is -2.16. The Bertz CT molecular complexity index is 1000. The van der Waals surface area contributed by atoms with Crippen LogP contribution in [0, 0.1) is 34.6 Å². The van der Waals surface area contributed by atoms with Gasteiger partial charge >= 0.3 is 0 Å². The van der Waals surface area contributed by atoms with Crippen molar-refractivity contribution in [2.45, 2.75) is 46.1 Å². The summed E-state index contributed by atoms with van der Waals surface area (Å²) in [4.78, 5) is 19.7. The molecule has 1 aromatic carbocycles. The second-order valence-corrected chi connectivity index (χ2v) is 8.84. The average molecular weight is 401 g/mol. The van der Waals surface area contributed by atoms with Gasteiger partial charge in [-0.25, -0.2) is 4.98 Å². The molecule has 0 aliphatic rings. The Morgan fingerprint density at radius 3 is 2.41 bits per heavy atom. The molecule has 0 atom stereocenters. The Morgan fingerprint density at radius 2 is 1.78 bits per heavy atom. The van der Waals surface area contributed by atoms with Gasteiger partial charge in [-0.05, 0) is 57.9 Å². The van der Waals surface area contributed by atoms with Gasteiger partial charge in [-0.1, -0.05) is 6.07 Å². The van der Waals surface area contributed by atoms with Gasteiger partial charge in [0.15, 0.2) is 0 Å². The third kappa shape index (κ3) is 4.82.